The third-order valence-electron chi connectivity index (χ3n) is 4.25. The van der Waals surface area contributed by atoms with E-state index in [1.165, 1.54) is 11.2 Å². The number of amides is 1. The molecule has 0 aliphatic carbocycles. The molecule has 0 saturated heterocycles. The lowest BCUT2D eigenvalue weighted by atomic mass is 9.93. The number of hydrogen-bond donors (Lipinski definition) is 1. The van der Waals surface area contributed by atoms with Crippen LogP contribution in [0.5, 0.6) is 0 Å². The Morgan fingerprint density at radius 1 is 1.26 bits per heavy atom. The van der Waals surface area contributed by atoms with Gasteiger partial charge in [0.15, 0.2) is 0 Å². The predicted octanol–water partition coefficient (Wildman–Crippen LogP) is 2.88. The number of aryl methyl sites for hydroxylation is 1. The summed E-state index contributed by atoms with van der Waals surface area (Å²) in [6.07, 6.45) is 3.35. The summed E-state index contributed by atoms with van der Waals surface area (Å²) in [4.78, 5) is 26.0. The van der Waals surface area contributed by atoms with E-state index in [0.29, 0.717) is 30.7 Å². The SMILES string of the molecule is CCCc1occc1C(=O)N1Cc2ccccc2CC1C(=O)O. The van der Waals surface area contributed by atoms with Crippen molar-refractivity contribution in [2.45, 2.75) is 38.8 Å². The molecule has 2 aromatic rings. The summed E-state index contributed by atoms with van der Waals surface area (Å²) < 4.78 is 5.39. The Morgan fingerprint density at radius 2 is 2.00 bits per heavy atom. The van der Waals surface area contributed by atoms with Gasteiger partial charge in [-0.05, 0) is 23.6 Å². The van der Waals surface area contributed by atoms with Crippen molar-refractivity contribution in [2.24, 2.45) is 0 Å². The molecule has 0 spiro atoms. The molecule has 1 unspecified atom stereocenters. The van der Waals surface area contributed by atoms with Crippen LogP contribution in [0.2, 0.25) is 0 Å². The fourth-order valence-electron chi connectivity index (χ4n) is 3.06. The van der Waals surface area contributed by atoms with Gasteiger partial charge in [0.05, 0.1) is 11.8 Å². The number of benzene rings is 1. The van der Waals surface area contributed by atoms with Crippen molar-refractivity contribution in [3.8, 4) is 0 Å². The average molecular weight is 313 g/mol. The molecule has 3 rings (SSSR count). The van der Waals surface area contributed by atoms with Crippen LogP contribution in [0.25, 0.3) is 0 Å². The van der Waals surface area contributed by atoms with E-state index in [0.717, 1.165) is 17.5 Å². The van der Waals surface area contributed by atoms with Crippen molar-refractivity contribution in [1.29, 1.82) is 0 Å². The van der Waals surface area contributed by atoms with E-state index in [-0.39, 0.29) is 5.91 Å². The van der Waals surface area contributed by atoms with Crippen LogP contribution in [-0.4, -0.2) is 27.9 Å². The largest absolute Gasteiger partial charge is 0.480 e. The molecule has 1 aliphatic heterocycles. The maximum absolute atomic E-state index is 12.9. The number of rotatable bonds is 4. The first-order valence-corrected chi connectivity index (χ1v) is 7.78. The van der Waals surface area contributed by atoms with Gasteiger partial charge in [-0.25, -0.2) is 4.79 Å². The fourth-order valence-corrected chi connectivity index (χ4v) is 3.06. The highest BCUT2D eigenvalue weighted by Crippen LogP contribution is 2.26. The molecule has 0 saturated carbocycles. The molecule has 5 nitrogen and oxygen atoms in total. The molecule has 2 heterocycles. The highest BCUT2D eigenvalue weighted by Gasteiger charge is 2.36. The number of aliphatic carboxylic acids is 1. The molecule has 1 aliphatic rings. The second-order valence-electron chi connectivity index (χ2n) is 5.77. The first kappa shape index (κ1) is 15.3. The number of carbonyl (C=O) groups excluding carboxylic acids is 1. The number of carboxylic acid groups (broad SMARTS) is 1. The monoisotopic (exact) mass is 313 g/mol. The number of furan rings is 1. The fraction of sp³-hybridized carbons (Fsp3) is 0.333. The lowest BCUT2D eigenvalue weighted by molar-refractivity contribution is -0.142. The maximum Gasteiger partial charge on any atom is 0.326 e. The minimum atomic E-state index is -0.978. The van der Waals surface area contributed by atoms with Crippen LogP contribution in [0.15, 0.2) is 41.0 Å². The normalized spacial score (nSPS) is 16.9. The standard InChI is InChI=1S/C18H19NO4/c1-2-5-16-14(8-9-23-16)17(20)19-11-13-7-4-3-6-12(13)10-15(19)18(21)22/h3-4,6-9,15H,2,5,10-11H2,1H3,(H,21,22). The number of carboxylic acids is 1. The van der Waals surface area contributed by atoms with E-state index in [9.17, 15) is 14.7 Å². The Balaban J connectivity index is 1.94. The van der Waals surface area contributed by atoms with Crippen LogP contribution in [0.4, 0.5) is 0 Å². The summed E-state index contributed by atoms with van der Waals surface area (Å²) in [6.45, 7) is 2.32. The number of fused-ring (bicyclic) bond motifs is 1. The lowest BCUT2D eigenvalue weighted by Gasteiger charge is -2.34. The minimum Gasteiger partial charge on any atom is -0.480 e. The molecule has 1 aromatic heterocycles. The molecule has 1 aromatic carbocycles. The summed E-state index contributed by atoms with van der Waals surface area (Å²) in [6, 6.07) is 8.45. The Labute approximate surface area is 134 Å². The third kappa shape index (κ3) is 2.86. The van der Waals surface area contributed by atoms with Gasteiger partial charge in [0, 0.05) is 19.4 Å². The van der Waals surface area contributed by atoms with Gasteiger partial charge < -0.3 is 14.4 Å². The third-order valence-corrected chi connectivity index (χ3v) is 4.25. The van der Waals surface area contributed by atoms with Gasteiger partial charge in [0.1, 0.15) is 11.8 Å². The van der Waals surface area contributed by atoms with Crippen molar-refractivity contribution in [3.63, 3.8) is 0 Å². The van der Waals surface area contributed by atoms with E-state index in [1.54, 1.807) is 6.07 Å². The van der Waals surface area contributed by atoms with Crippen molar-refractivity contribution >= 4 is 11.9 Å². The minimum absolute atomic E-state index is 0.274. The summed E-state index contributed by atoms with van der Waals surface area (Å²) >= 11 is 0. The lowest BCUT2D eigenvalue weighted by Crippen LogP contribution is -2.48. The molecule has 1 atom stereocenters. The molecule has 0 radical (unpaired) electrons. The van der Waals surface area contributed by atoms with Crippen molar-refractivity contribution in [1.82, 2.24) is 4.90 Å². The Bertz CT molecular complexity index is 734. The van der Waals surface area contributed by atoms with Crippen LogP contribution in [0.1, 0.15) is 40.6 Å². The van der Waals surface area contributed by atoms with Gasteiger partial charge in [-0.2, -0.15) is 0 Å². The molecule has 1 amide bonds. The second kappa shape index (κ2) is 6.28. The molecule has 1 N–H and O–H groups in total. The van der Waals surface area contributed by atoms with Crippen LogP contribution < -0.4 is 0 Å². The molecular weight excluding hydrogens is 294 g/mol. The summed E-state index contributed by atoms with van der Waals surface area (Å²) in [7, 11) is 0. The average Bonchev–Trinajstić information content (AvgIpc) is 3.01. The smallest absolute Gasteiger partial charge is 0.326 e. The second-order valence-corrected chi connectivity index (χ2v) is 5.77. The van der Waals surface area contributed by atoms with E-state index < -0.39 is 12.0 Å². The Hall–Kier alpha value is -2.56. The molecule has 23 heavy (non-hydrogen) atoms. The molecule has 0 bridgehead atoms. The van der Waals surface area contributed by atoms with E-state index in [2.05, 4.69) is 0 Å². The van der Waals surface area contributed by atoms with Crippen molar-refractivity contribution in [2.75, 3.05) is 0 Å². The highest BCUT2D eigenvalue weighted by atomic mass is 16.4. The quantitative estimate of drug-likeness (QED) is 0.942. The first-order valence-electron chi connectivity index (χ1n) is 7.78. The molecule has 5 heteroatoms. The number of nitrogens with zero attached hydrogens (tertiary/aromatic N) is 1. The van der Waals surface area contributed by atoms with E-state index in [4.69, 9.17) is 4.42 Å². The van der Waals surface area contributed by atoms with Gasteiger partial charge >= 0.3 is 5.97 Å². The van der Waals surface area contributed by atoms with E-state index >= 15 is 0 Å². The highest BCUT2D eigenvalue weighted by molar-refractivity contribution is 5.97. The van der Waals surface area contributed by atoms with Crippen LogP contribution in [-0.2, 0) is 24.2 Å². The topological polar surface area (TPSA) is 70.8 Å². The molecule has 0 fully saturated rings. The summed E-state index contributed by atoms with van der Waals surface area (Å²) in [5.41, 5.74) is 2.46. The van der Waals surface area contributed by atoms with Crippen molar-refractivity contribution in [3.05, 3.63) is 59.0 Å². The number of hydrogen-bond acceptors (Lipinski definition) is 3. The zero-order valence-corrected chi connectivity index (χ0v) is 13.0. The van der Waals surface area contributed by atoms with Crippen LogP contribution in [0, 0.1) is 0 Å². The number of carbonyl (C=O) groups is 2. The van der Waals surface area contributed by atoms with Crippen LogP contribution >= 0.6 is 0 Å². The van der Waals surface area contributed by atoms with Gasteiger partial charge in [-0.3, -0.25) is 4.79 Å². The Morgan fingerprint density at radius 3 is 2.70 bits per heavy atom. The maximum atomic E-state index is 12.9. The van der Waals surface area contributed by atoms with Crippen LogP contribution in [0.3, 0.4) is 0 Å². The zero-order valence-electron chi connectivity index (χ0n) is 13.0. The molecular formula is C18H19NO4. The first-order chi connectivity index (χ1) is 11.1. The summed E-state index contributed by atoms with van der Waals surface area (Å²) in [5, 5.41) is 9.54. The predicted molar refractivity (Wildman–Crippen MR) is 84.1 cm³/mol. The van der Waals surface area contributed by atoms with Gasteiger partial charge in [-0.1, -0.05) is 31.2 Å². The van der Waals surface area contributed by atoms with Gasteiger partial charge in [0.25, 0.3) is 5.91 Å². The van der Waals surface area contributed by atoms with Crippen molar-refractivity contribution < 1.29 is 19.1 Å². The molecule has 120 valence electrons. The summed E-state index contributed by atoms with van der Waals surface area (Å²) in [5.74, 6) is -0.627. The Kier molecular flexibility index (Phi) is 4.19. The van der Waals surface area contributed by atoms with Gasteiger partial charge in [-0.15, -0.1) is 0 Å². The van der Waals surface area contributed by atoms with E-state index in [1.807, 2.05) is 31.2 Å². The van der Waals surface area contributed by atoms with Gasteiger partial charge in [0.2, 0.25) is 0 Å². The zero-order chi connectivity index (χ0) is 16.4.